The summed E-state index contributed by atoms with van der Waals surface area (Å²) in [6, 6.07) is 10.2. The highest BCUT2D eigenvalue weighted by Crippen LogP contribution is 2.27. The van der Waals surface area contributed by atoms with Gasteiger partial charge in [-0.05, 0) is 77.7 Å². The van der Waals surface area contributed by atoms with Gasteiger partial charge in [0.05, 0.1) is 29.4 Å². The maximum atomic E-state index is 12.9. The number of carbonyl (C=O) groups is 1. The van der Waals surface area contributed by atoms with Crippen LogP contribution < -0.4 is 4.72 Å². The van der Waals surface area contributed by atoms with Crippen molar-refractivity contribution in [2.45, 2.75) is 16.7 Å². The van der Waals surface area contributed by atoms with Gasteiger partial charge in [-0.15, -0.1) is 11.8 Å². The van der Waals surface area contributed by atoms with E-state index in [1.165, 1.54) is 23.9 Å². The largest absolute Gasteiger partial charge is 0.378 e. The molecule has 9 heteroatoms. The van der Waals surface area contributed by atoms with Crippen molar-refractivity contribution in [3.63, 3.8) is 0 Å². The summed E-state index contributed by atoms with van der Waals surface area (Å²) in [5.41, 5.74) is 1.76. The lowest BCUT2D eigenvalue weighted by molar-refractivity contribution is 0.0300. The van der Waals surface area contributed by atoms with E-state index < -0.39 is 10.0 Å². The average molecular weight is 532 g/mol. The molecule has 1 saturated heterocycles. The first-order valence-electron chi connectivity index (χ1n) is 8.66. The molecule has 2 aromatic rings. The topological polar surface area (TPSA) is 75.7 Å². The van der Waals surface area contributed by atoms with E-state index in [1.54, 1.807) is 17.0 Å². The van der Waals surface area contributed by atoms with Crippen LogP contribution in [-0.2, 0) is 14.8 Å². The SMILES string of the molecule is CSc1ccc(S(=O)(=O)Nc2ccc(I)cc2C)cc1C(=O)N1CCOCC1. The number of nitrogens with one attached hydrogen (secondary N) is 1. The van der Waals surface area contributed by atoms with E-state index in [9.17, 15) is 13.2 Å². The Labute approximate surface area is 183 Å². The van der Waals surface area contributed by atoms with Gasteiger partial charge in [-0.25, -0.2) is 8.42 Å². The van der Waals surface area contributed by atoms with Crippen LogP contribution in [0.1, 0.15) is 15.9 Å². The third kappa shape index (κ3) is 4.81. The van der Waals surface area contributed by atoms with Crippen LogP contribution >= 0.6 is 34.4 Å². The maximum Gasteiger partial charge on any atom is 0.261 e. The molecule has 1 fully saturated rings. The molecule has 1 amide bonds. The molecular formula is C19H21IN2O4S2. The maximum absolute atomic E-state index is 12.9. The number of amides is 1. The molecule has 0 aromatic heterocycles. The summed E-state index contributed by atoms with van der Waals surface area (Å²) in [6.45, 7) is 3.84. The monoisotopic (exact) mass is 532 g/mol. The normalized spacial score (nSPS) is 14.8. The number of aryl methyl sites for hydroxylation is 1. The summed E-state index contributed by atoms with van der Waals surface area (Å²) in [4.78, 5) is 15.5. The summed E-state index contributed by atoms with van der Waals surface area (Å²) in [6.07, 6.45) is 1.87. The van der Waals surface area contributed by atoms with Crippen LogP contribution in [0.3, 0.4) is 0 Å². The third-order valence-corrected chi connectivity index (χ3v) is 7.27. The Morgan fingerprint density at radius 1 is 1.18 bits per heavy atom. The van der Waals surface area contributed by atoms with Gasteiger partial charge in [0.15, 0.2) is 0 Å². The smallest absolute Gasteiger partial charge is 0.261 e. The van der Waals surface area contributed by atoms with E-state index >= 15 is 0 Å². The molecule has 0 atom stereocenters. The fourth-order valence-corrected chi connectivity index (χ4v) is 5.28. The second kappa shape index (κ2) is 9.02. The second-order valence-corrected chi connectivity index (χ2v) is 10.1. The van der Waals surface area contributed by atoms with Gasteiger partial charge in [-0.1, -0.05) is 0 Å². The minimum Gasteiger partial charge on any atom is -0.378 e. The third-order valence-electron chi connectivity index (χ3n) is 4.44. The van der Waals surface area contributed by atoms with Crippen molar-refractivity contribution in [3.8, 4) is 0 Å². The van der Waals surface area contributed by atoms with Crippen molar-refractivity contribution in [2.24, 2.45) is 0 Å². The van der Waals surface area contributed by atoms with Crippen molar-refractivity contribution >= 4 is 56.0 Å². The Kier molecular flexibility index (Phi) is 6.89. The quantitative estimate of drug-likeness (QED) is 0.471. The standard InChI is InChI=1S/C19H21IN2O4S2/c1-13-11-14(20)3-5-17(13)21-28(24,25)15-4-6-18(27-2)16(12-15)19(23)22-7-9-26-10-8-22/h3-6,11-12,21H,7-10H2,1-2H3. The highest BCUT2D eigenvalue weighted by Gasteiger charge is 2.24. The molecule has 1 N–H and O–H groups in total. The van der Waals surface area contributed by atoms with Crippen LogP contribution in [0.2, 0.25) is 0 Å². The predicted octanol–water partition coefficient (Wildman–Crippen LogP) is 3.59. The highest BCUT2D eigenvalue weighted by atomic mass is 127. The van der Waals surface area contributed by atoms with Gasteiger partial charge >= 0.3 is 0 Å². The molecular weight excluding hydrogens is 511 g/mol. The molecule has 0 bridgehead atoms. The zero-order valence-electron chi connectivity index (χ0n) is 15.6. The van der Waals surface area contributed by atoms with Gasteiger partial charge < -0.3 is 9.64 Å². The Bertz CT molecular complexity index is 989. The Hall–Kier alpha value is -1.30. The van der Waals surface area contributed by atoms with Crippen molar-refractivity contribution in [3.05, 3.63) is 51.1 Å². The minimum absolute atomic E-state index is 0.0693. The lowest BCUT2D eigenvalue weighted by Gasteiger charge is -2.27. The zero-order chi connectivity index (χ0) is 20.3. The molecule has 1 aliphatic rings. The molecule has 0 radical (unpaired) electrons. The molecule has 0 saturated carbocycles. The molecule has 0 unspecified atom stereocenters. The Morgan fingerprint density at radius 2 is 1.89 bits per heavy atom. The molecule has 150 valence electrons. The first-order chi connectivity index (χ1) is 13.3. The lowest BCUT2D eigenvalue weighted by Crippen LogP contribution is -2.41. The number of morpholine rings is 1. The van der Waals surface area contributed by atoms with Gasteiger partial charge in [0.2, 0.25) is 0 Å². The van der Waals surface area contributed by atoms with E-state index in [1.807, 2.05) is 25.3 Å². The second-order valence-electron chi connectivity index (χ2n) is 6.33. The zero-order valence-corrected chi connectivity index (χ0v) is 19.4. The Balaban J connectivity index is 1.94. The van der Waals surface area contributed by atoms with Crippen LogP contribution in [0.5, 0.6) is 0 Å². The van der Waals surface area contributed by atoms with Crippen LogP contribution in [0.15, 0.2) is 46.2 Å². The number of thioether (sulfide) groups is 1. The number of sulfonamides is 1. The van der Waals surface area contributed by atoms with Crippen LogP contribution in [-0.4, -0.2) is 51.8 Å². The van der Waals surface area contributed by atoms with Gasteiger partial charge in [0.1, 0.15) is 0 Å². The number of rotatable bonds is 5. The summed E-state index contributed by atoms with van der Waals surface area (Å²) in [5, 5.41) is 0. The molecule has 0 spiro atoms. The number of halogens is 1. The number of anilines is 1. The van der Waals surface area contributed by atoms with Crippen LogP contribution in [0, 0.1) is 10.5 Å². The van der Waals surface area contributed by atoms with Crippen molar-refractivity contribution in [1.82, 2.24) is 4.90 Å². The molecule has 1 aliphatic heterocycles. The van der Waals surface area contributed by atoms with Crippen molar-refractivity contribution in [1.29, 1.82) is 0 Å². The van der Waals surface area contributed by atoms with Gasteiger partial charge in [-0.3, -0.25) is 9.52 Å². The average Bonchev–Trinajstić information content (AvgIpc) is 2.69. The lowest BCUT2D eigenvalue weighted by atomic mass is 10.2. The molecule has 28 heavy (non-hydrogen) atoms. The van der Waals surface area contributed by atoms with Gasteiger partial charge in [0, 0.05) is 21.6 Å². The Morgan fingerprint density at radius 3 is 2.54 bits per heavy atom. The van der Waals surface area contributed by atoms with E-state index in [2.05, 4.69) is 27.3 Å². The molecule has 2 aromatic carbocycles. The summed E-state index contributed by atoms with van der Waals surface area (Å²) >= 11 is 3.60. The van der Waals surface area contributed by atoms with Crippen molar-refractivity contribution < 1.29 is 17.9 Å². The van der Waals surface area contributed by atoms with Crippen LogP contribution in [0.4, 0.5) is 5.69 Å². The fraction of sp³-hybridized carbons (Fsp3) is 0.316. The fourth-order valence-electron chi connectivity index (χ4n) is 2.90. The van der Waals surface area contributed by atoms with Gasteiger partial charge in [-0.2, -0.15) is 0 Å². The number of hydrogen-bond acceptors (Lipinski definition) is 5. The van der Waals surface area contributed by atoms with E-state index in [4.69, 9.17) is 4.74 Å². The first-order valence-corrected chi connectivity index (χ1v) is 12.4. The molecule has 0 aliphatic carbocycles. The number of ether oxygens (including phenoxy) is 1. The number of benzene rings is 2. The highest BCUT2D eigenvalue weighted by molar-refractivity contribution is 14.1. The van der Waals surface area contributed by atoms with E-state index in [0.717, 1.165) is 14.0 Å². The first kappa shape index (κ1) is 21.4. The van der Waals surface area contributed by atoms with E-state index in [-0.39, 0.29) is 10.8 Å². The summed E-state index contributed by atoms with van der Waals surface area (Å²) < 4.78 is 34.8. The van der Waals surface area contributed by atoms with E-state index in [0.29, 0.717) is 37.6 Å². The number of nitrogens with zero attached hydrogens (tertiary/aromatic N) is 1. The number of carbonyl (C=O) groups excluding carboxylic acids is 1. The minimum atomic E-state index is -3.82. The van der Waals surface area contributed by atoms with Crippen LogP contribution in [0.25, 0.3) is 0 Å². The molecule has 6 nitrogen and oxygen atoms in total. The molecule has 1 heterocycles. The number of hydrogen-bond donors (Lipinski definition) is 1. The van der Waals surface area contributed by atoms with Gasteiger partial charge in [0.25, 0.3) is 15.9 Å². The van der Waals surface area contributed by atoms with Crippen molar-refractivity contribution in [2.75, 3.05) is 37.3 Å². The predicted molar refractivity (Wildman–Crippen MR) is 120 cm³/mol. The summed E-state index contributed by atoms with van der Waals surface area (Å²) in [5.74, 6) is -0.171. The summed E-state index contributed by atoms with van der Waals surface area (Å²) in [7, 11) is -3.82. The molecule has 3 rings (SSSR count).